The number of morpholine rings is 1. The molecule has 0 saturated carbocycles. The molecule has 0 aliphatic carbocycles. The van der Waals surface area contributed by atoms with Crippen molar-refractivity contribution in [1.82, 2.24) is 15.5 Å². The first-order valence-electron chi connectivity index (χ1n) is 10.7. The SMILES string of the molecule is CCNC(=NCc1cc(C)c(O)c(C)c1)NCc1ccccc1CN1CCOCC1.I. The van der Waals surface area contributed by atoms with Crippen molar-refractivity contribution in [2.45, 2.75) is 40.4 Å². The molecule has 0 amide bonds. The zero-order chi connectivity index (χ0) is 21.3. The van der Waals surface area contributed by atoms with Gasteiger partial charge in [-0.25, -0.2) is 4.99 Å². The van der Waals surface area contributed by atoms with Gasteiger partial charge in [0, 0.05) is 32.7 Å². The van der Waals surface area contributed by atoms with Crippen LogP contribution >= 0.6 is 24.0 Å². The number of phenols is 1. The normalized spacial score (nSPS) is 14.7. The highest BCUT2D eigenvalue weighted by molar-refractivity contribution is 14.0. The molecule has 0 bridgehead atoms. The van der Waals surface area contributed by atoms with Gasteiger partial charge in [0.05, 0.1) is 19.8 Å². The molecular weight excluding hydrogens is 503 g/mol. The first-order valence-corrected chi connectivity index (χ1v) is 10.7. The third-order valence-electron chi connectivity index (χ3n) is 5.38. The number of aromatic hydroxyl groups is 1. The summed E-state index contributed by atoms with van der Waals surface area (Å²) in [5.41, 5.74) is 5.48. The van der Waals surface area contributed by atoms with Gasteiger partial charge in [0.2, 0.25) is 0 Å². The predicted molar refractivity (Wildman–Crippen MR) is 137 cm³/mol. The van der Waals surface area contributed by atoms with Crippen LogP contribution in [0.1, 0.15) is 34.7 Å². The Labute approximate surface area is 203 Å². The van der Waals surface area contributed by atoms with Crippen molar-refractivity contribution in [1.29, 1.82) is 0 Å². The fraction of sp³-hybridized carbons (Fsp3) is 0.458. The number of hydrogen-bond donors (Lipinski definition) is 3. The molecule has 0 aromatic heterocycles. The highest BCUT2D eigenvalue weighted by Gasteiger charge is 2.13. The van der Waals surface area contributed by atoms with Gasteiger partial charge >= 0.3 is 0 Å². The third kappa shape index (κ3) is 7.66. The number of halogens is 1. The van der Waals surface area contributed by atoms with E-state index >= 15 is 0 Å². The smallest absolute Gasteiger partial charge is 0.191 e. The number of phenolic OH excluding ortho intramolecular Hbond substituents is 1. The lowest BCUT2D eigenvalue weighted by Gasteiger charge is -2.27. The molecule has 2 aromatic carbocycles. The molecule has 6 nitrogen and oxygen atoms in total. The number of nitrogens with one attached hydrogen (secondary N) is 2. The number of guanidine groups is 1. The number of benzene rings is 2. The Kier molecular flexibility index (Phi) is 10.6. The summed E-state index contributed by atoms with van der Waals surface area (Å²) in [6.07, 6.45) is 0. The lowest BCUT2D eigenvalue weighted by atomic mass is 10.1. The largest absolute Gasteiger partial charge is 0.507 e. The molecule has 170 valence electrons. The maximum atomic E-state index is 9.98. The second-order valence-electron chi connectivity index (χ2n) is 7.78. The van der Waals surface area contributed by atoms with Crippen LogP contribution in [0.3, 0.4) is 0 Å². The Bertz CT molecular complexity index is 843. The van der Waals surface area contributed by atoms with Crippen LogP contribution in [-0.4, -0.2) is 48.8 Å². The van der Waals surface area contributed by atoms with Crippen molar-refractivity contribution in [3.8, 4) is 5.75 Å². The van der Waals surface area contributed by atoms with E-state index in [0.717, 1.165) is 68.6 Å². The number of aryl methyl sites for hydroxylation is 2. The minimum absolute atomic E-state index is 0. The van der Waals surface area contributed by atoms with E-state index in [-0.39, 0.29) is 24.0 Å². The molecule has 1 saturated heterocycles. The molecule has 3 N–H and O–H groups in total. The van der Waals surface area contributed by atoms with E-state index in [1.54, 1.807) is 0 Å². The Morgan fingerprint density at radius 2 is 1.71 bits per heavy atom. The molecule has 0 radical (unpaired) electrons. The van der Waals surface area contributed by atoms with Crippen LogP contribution in [0.25, 0.3) is 0 Å². The predicted octanol–water partition coefficient (Wildman–Crippen LogP) is 3.71. The molecule has 0 spiro atoms. The van der Waals surface area contributed by atoms with E-state index in [2.05, 4.69) is 46.7 Å². The number of ether oxygens (including phenoxy) is 1. The molecular formula is C24H35IN4O2. The van der Waals surface area contributed by atoms with Crippen LogP contribution < -0.4 is 10.6 Å². The summed E-state index contributed by atoms with van der Waals surface area (Å²) in [5, 5.41) is 16.8. The second kappa shape index (κ2) is 12.9. The summed E-state index contributed by atoms with van der Waals surface area (Å²) in [6.45, 7) is 12.5. The van der Waals surface area contributed by atoms with E-state index in [1.165, 1.54) is 11.1 Å². The van der Waals surface area contributed by atoms with Crippen LogP contribution in [0, 0.1) is 13.8 Å². The highest BCUT2D eigenvalue weighted by Crippen LogP contribution is 2.23. The Hall–Kier alpha value is -1.84. The molecule has 0 unspecified atom stereocenters. The van der Waals surface area contributed by atoms with Crippen LogP contribution in [0.4, 0.5) is 0 Å². The van der Waals surface area contributed by atoms with Crippen LogP contribution in [0.5, 0.6) is 5.75 Å². The van der Waals surface area contributed by atoms with E-state index in [0.29, 0.717) is 12.3 Å². The highest BCUT2D eigenvalue weighted by atomic mass is 127. The molecule has 7 heteroatoms. The topological polar surface area (TPSA) is 69.1 Å². The molecule has 2 aromatic rings. The van der Waals surface area contributed by atoms with Crippen LogP contribution in [-0.2, 0) is 24.4 Å². The van der Waals surface area contributed by atoms with E-state index in [4.69, 9.17) is 9.73 Å². The summed E-state index contributed by atoms with van der Waals surface area (Å²) in [5.74, 6) is 1.16. The summed E-state index contributed by atoms with van der Waals surface area (Å²) < 4.78 is 5.47. The van der Waals surface area contributed by atoms with Gasteiger partial charge in [-0.15, -0.1) is 24.0 Å². The monoisotopic (exact) mass is 538 g/mol. The summed E-state index contributed by atoms with van der Waals surface area (Å²) in [6, 6.07) is 12.6. The molecule has 1 heterocycles. The first kappa shape index (κ1) is 25.4. The Morgan fingerprint density at radius 1 is 1.06 bits per heavy atom. The standard InChI is InChI=1S/C24H34N4O2.HI/c1-4-25-24(26-15-20-13-18(2)23(29)19(3)14-20)27-16-21-7-5-6-8-22(21)17-28-9-11-30-12-10-28;/h5-8,13-14,29H,4,9-12,15-17H2,1-3H3,(H2,25,26,27);1H. The Morgan fingerprint density at radius 3 is 2.35 bits per heavy atom. The molecule has 1 aliphatic heterocycles. The first-order chi connectivity index (χ1) is 14.6. The van der Waals surface area contributed by atoms with Crippen molar-refractivity contribution < 1.29 is 9.84 Å². The molecule has 0 atom stereocenters. The fourth-order valence-corrected chi connectivity index (χ4v) is 3.71. The van der Waals surface area contributed by atoms with Gasteiger partial charge in [0.15, 0.2) is 5.96 Å². The minimum Gasteiger partial charge on any atom is -0.507 e. The number of rotatable bonds is 7. The van der Waals surface area contributed by atoms with Crippen molar-refractivity contribution in [3.63, 3.8) is 0 Å². The summed E-state index contributed by atoms with van der Waals surface area (Å²) in [4.78, 5) is 7.18. The molecule has 1 aliphatic rings. The second-order valence-corrected chi connectivity index (χ2v) is 7.78. The lowest BCUT2D eigenvalue weighted by Crippen LogP contribution is -2.38. The fourth-order valence-electron chi connectivity index (χ4n) is 3.71. The van der Waals surface area contributed by atoms with Crippen LogP contribution in [0.2, 0.25) is 0 Å². The lowest BCUT2D eigenvalue weighted by molar-refractivity contribution is 0.0341. The zero-order valence-electron chi connectivity index (χ0n) is 18.8. The minimum atomic E-state index is 0. The maximum Gasteiger partial charge on any atom is 0.191 e. The van der Waals surface area contributed by atoms with E-state index in [9.17, 15) is 5.11 Å². The Balaban J connectivity index is 0.00000341. The van der Waals surface area contributed by atoms with Gasteiger partial charge in [-0.05, 0) is 48.6 Å². The van der Waals surface area contributed by atoms with E-state index in [1.807, 2.05) is 26.0 Å². The van der Waals surface area contributed by atoms with Gasteiger partial charge in [-0.3, -0.25) is 4.90 Å². The van der Waals surface area contributed by atoms with Crippen molar-refractivity contribution in [2.24, 2.45) is 4.99 Å². The van der Waals surface area contributed by atoms with E-state index < -0.39 is 0 Å². The van der Waals surface area contributed by atoms with Gasteiger partial charge in [0.1, 0.15) is 5.75 Å². The third-order valence-corrected chi connectivity index (χ3v) is 5.38. The molecule has 1 fully saturated rings. The molecule has 31 heavy (non-hydrogen) atoms. The molecule has 3 rings (SSSR count). The van der Waals surface area contributed by atoms with Gasteiger partial charge < -0.3 is 20.5 Å². The van der Waals surface area contributed by atoms with Gasteiger partial charge in [-0.2, -0.15) is 0 Å². The van der Waals surface area contributed by atoms with Gasteiger partial charge in [0.25, 0.3) is 0 Å². The van der Waals surface area contributed by atoms with Crippen LogP contribution in [0.15, 0.2) is 41.4 Å². The summed E-state index contributed by atoms with van der Waals surface area (Å²) in [7, 11) is 0. The summed E-state index contributed by atoms with van der Waals surface area (Å²) >= 11 is 0. The number of nitrogens with zero attached hydrogens (tertiary/aromatic N) is 2. The zero-order valence-corrected chi connectivity index (χ0v) is 21.1. The average Bonchev–Trinajstić information content (AvgIpc) is 2.75. The average molecular weight is 538 g/mol. The van der Waals surface area contributed by atoms with Gasteiger partial charge in [-0.1, -0.05) is 36.4 Å². The number of aliphatic imine (C=N–C) groups is 1. The number of hydrogen-bond acceptors (Lipinski definition) is 4. The van der Waals surface area contributed by atoms with Crippen molar-refractivity contribution in [3.05, 3.63) is 64.2 Å². The maximum absolute atomic E-state index is 9.98. The van der Waals surface area contributed by atoms with Crippen molar-refractivity contribution >= 4 is 29.9 Å². The quantitative estimate of drug-likeness (QED) is 0.285. The van der Waals surface area contributed by atoms with Crippen molar-refractivity contribution in [2.75, 3.05) is 32.8 Å².